The Morgan fingerprint density at radius 2 is 1.45 bits per heavy atom. The third-order valence-electron chi connectivity index (χ3n) is 8.29. The number of carbonyl (C=O) groups is 7. The summed E-state index contributed by atoms with van der Waals surface area (Å²) in [5.41, 5.74) is 1.92. The standard InChI is InChI=1S/C39H48N6O10/c1-25(2)18-32(45-39(54)55-23-26-10-5-3-6-11-26)38(53)43-31(16-17-34(47)48)36(51)44-33(19-30-21-40-24-41-30)37(52)42-29(20-35(49)50)15-9-14-28(22-46)27-12-7-4-8-13-27/h3-13,15,21-22,24-25,28-29,31-33H,14,16-20,23H2,1-2H3,(H,40,41)(H,42,52)(H,43,53)(H,44,51)(H,45,54)(H,47,48)(H,49,50). The number of hydrogen-bond acceptors (Lipinski definition) is 9. The Morgan fingerprint density at radius 3 is 2.05 bits per heavy atom. The number of H-pyrrole nitrogens is 1. The Balaban J connectivity index is 1.77. The number of carbonyl (C=O) groups excluding carboxylic acids is 5. The predicted octanol–water partition coefficient (Wildman–Crippen LogP) is 3.02. The number of aldehydes is 1. The Morgan fingerprint density at radius 1 is 0.818 bits per heavy atom. The van der Waals surface area contributed by atoms with Crippen LogP contribution < -0.4 is 21.3 Å². The topological polar surface area (TPSA) is 246 Å². The van der Waals surface area contributed by atoms with Crippen molar-refractivity contribution in [3.05, 3.63) is 102 Å². The second-order valence-electron chi connectivity index (χ2n) is 13.3. The van der Waals surface area contributed by atoms with E-state index < -0.39 is 78.7 Å². The molecule has 0 saturated carbocycles. The number of benzene rings is 2. The van der Waals surface area contributed by atoms with Crippen LogP contribution in [-0.2, 0) is 46.5 Å². The van der Waals surface area contributed by atoms with E-state index in [2.05, 4.69) is 31.2 Å². The quantitative estimate of drug-likeness (QED) is 0.0547. The van der Waals surface area contributed by atoms with Crippen LogP contribution in [-0.4, -0.2) is 86.4 Å². The van der Waals surface area contributed by atoms with Crippen LogP contribution >= 0.6 is 0 Å². The number of aromatic nitrogens is 2. The van der Waals surface area contributed by atoms with Gasteiger partial charge < -0.3 is 46.0 Å². The molecular weight excluding hydrogens is 712 g/mol. The molecule has 0 bridgehead atoms. The van der Waals surface area contributed by atoms with Gasteiger partial charge in [0, 0.05) is 30.7 Å². The molecule has 3 rings (SSSR count). The van der Waals surface area contributed by atoms with E-state index in [9.17, 15) is 43.8 Å². The van der Waals surface area contributed by atoms with Crippen LogP contribution in [0.1, 0.15) is 68.7 Å². The Labute approximate surface area is 318 Å². The zero-order valence-electron chi connectivity index (χ0n) is 30.7. The number of carboxylic acid groups (broad SMARTS) is 2. The molecule has 0 fully saturated rings. The summed E-state index contributed by atoms with van der Waals surface area (Å²) in [6.07, 6.45) is 4.60. The number of ether oxygens (including phenoxy) is 1. The van der Waals surface area contributed by atoms with Gasteiger partial charge in [-0.3, -0.25) is 24.0 Å². The fraction of sp³-hybridized carbons (Fsp3) is 0.385. The van der Waals surface area contributed by atoms with Crippen molar-refractivity contribution in [1.29, 1.82) is 0 Å². The number of amides is 4. The molecule has 0 radical (unpaired) electrons. The van der Waals surface area contributed by atoms with Crippen molar-refractivity contribution in [2.75, 3.05) is 0 Å². The number of imidazole rings is 1. The maximum atomic E-state index is 13.8. The number of rotatable bonds is 23. The predicted molar refractivity (Wildman–Crippen MR) is 199 cm³/mol. The van der Waals surface area contributed by atoms with Crippen molar-refractivity contribution in [1.82, 2.24) is 31.2 Å². The van der Waals surface area contributed by atoms with E-state index >= 15 is 0 Å². The van der Waals surface area contributed by atoms with Gasteiger partial charge in [0.2, 0.25) is 17.7 Å². The zero-order chi connectivity index (χ0) is 40.2. The molecule has 7 N–H and O–H groups in total. The lowest BCUT2D eigenvalue weighted by Gasteiger charge is -2.26. The fourth-order valence-electron chi connectivity index (χ4n) is 5.52. The summed E-state index contributed by atoms with van der Waals surface area (Å²) >= 11 is 0. The molecular formula is C39H48N6O10. The van der Waals surface area contributed by atoms with Gasteiger partial charge in [-0.1, -0.05) is 86.7 Å². The highest BCUT2D eigenvalue weighted by Gasteiger charge is 2.31. The molecule has 16 nitrogen and oxygen atoms in total. The van der Waals surface area contributed by atoms with Gasteiger partial charge in [-0.15, -0.1) is 0 Å². The molecule has 55 heavy (non-hydrogen) atoms. The van der Waals surface area contributed by atoms with Gasteiger partial charge in [-0.05, 0) is 36.3 Å². The number of aliphatic carboxylic acids is 2. The van der Waals surface area contributed by atoms with Crippen molar-refractivity contribution in [3.63, 3.8) is 0 Å². The van der Waals surface area contributed by atoms with E-state index in [1.807, 2.05) is 26.0 Å². The van der Waals surface area contributed by atoms with E-state index in [-0.39, 0.29) is 38.2 Å². The first-order chi connectivity index (χ1) is 26.3. The number of nitrogens with one attached hydrogen (secondary N) is 5. The molecule has 2 aromatic carbocycles. The molecule has 0 aliphatic rings. The third-order valence-corrected chi connectivity index (χ3v) is 8.29. The van der Waals surface area contributed by atoms with Gasteiger partial charge in [0.25, 0.3) is 0 Å². The molecule has 0 saturated heterocycles. The number of nitrogens with zero attached hydrogens (tertiary/aromatic N) is 1. The molecule has 1 aromatic heterocycles. The average molecular weight is 761 g/mol. The van der Waals surface area contributed by atoms with Crippen LogP contribution in [0.5, 0.6) is 0 Å². The first-order valence-corrected chi connectivity index (χ1v) is 17.8. The van der Waals surface area contributed by atoms with Crippen molar-refractivity contribution in [3.8, 4) is 0 Å². The minimum Gasteiger partial charge on any atom is -0.481 e. The molecule has 3 aromatic rings. The molecule has 4 amide bonds. The van der Waals surface area contributed by atoms with Crippen LogP contribution in [0.25, 0.3) is 0 Å². The number of allylic oxidation sites excluding steroid dienone is 1. The minimum absolute atomic E-state index is 0.0534. The second kappa shape index (κ2) is 22.7. The van der Waals surface area contributed by atoms with E-state index in [0.29, 0.717) is 5.69 Å². The average Bonchev–Trinajstić information content (AvgIpc) is 3.67. The van der Waals surface area contributed by atoms with E-state index in [4.69, 9.17) is 4.74 Å². The molecule has 0 spiro atoms. The number of alkyl carbamates (subject to hydrolysis) is 1. The summed E-state index contributed by atoms with van der Waals surface area (Å²) in [6.45, 7) is 3.59. The van der Waals surface area contributed by atoms with Crippen molar-refractivity contribution in [2.45, 2.75) is 89.1 Å². The van der Waals surface area contributed by atoms with Crippen LogP contribution in [0, 0.1) is 5.92 Å². The SMILES string of the molecule is CC(C)CC(NC(=O)OCc1ccccc1)C(=O)NC(CCC(=O)O)C(=O)NC(Cc1cnc[nH]1)C(=O)NC(C=CCC(C=O)c1ccccc1)CC(=O)O. The number of hydrogen-bond donors (Lipinski definition) is 7. The van der Waals surface area contributed by atoms with Gasteiger partial charge in [0.05, 0.1) is 18.8 Å². The lowest BCUT2D eigenvalue weighted by atomic mass is 9.96. The van der Waals surface area contributed by atoms with Crippen LogP contribution in [0.2, 0.25) is 0 Å². The molecule has 5 unspecified atom stereocenters. The van der Waals surface area contributed by atoms with E-state index in [0.717, 1.165) is 17.4 Å². The Hall–Kier alpha value is -6.32. The van der Waals surface area contributed by atoms with Crippen LogP contribution in [0.4, 0.5) is 4.79 Å². The van der Waals surface area contributed by atoms with Crippen molar-refractivity contribution >= 4 is 42.0 Å². The van der Waals surface area contributed by atoms with E-state index in [1.54, 1.807) is 54.6 Å². The maximum absolute atomic E-state index is 13.8. The summed E-state index contributed by atoms with van der Waals surface area (Å²) in [7, 11) is 0. The highest BCUT2D eigenvalue weighted by atomic mass is 16.5. The summed E-state index contributed by atoms with van der Waals surface area (Å²) in [6, 6.07) is 12.9. The lowest BCUT2D eigenvalue weighted by molar-refractivity contribution is -0.139. The largest absolute Gasteiger partial charge is 0.481 e. The highest BCUT2D eigenvalue weighted by Crippen LogP contribution is 2.18. The monoisotopic (exact) mass is 760 g/mol. The maximum Gasteiger partial charge on any atom is 0.408 e. The van der Waals surface area contributed by atoms with Gasteiger partial charge in [0.1, 0.15) is 31.0 Å². The van der Waals surface area contributed by atoms with Gasteiger partial charge in [0.15, 0.2) is 0 Å². The number of carboxylic acids is 2. The Kier molecular flexibility index (Phi) is 17.8. The Bertz CT molecular complexity index is 1730. The number of aromatic amines is 1. The van der Waals surface area contributed by atoms with Crippen molar-refractivity contribution in [2.24, 2.45) is 5.92 Å². The summed E-state index contributed by atoms with van der Waals surface area (Å²) in [5, 5.41) is 29.2. The molecule has 5 atom stereocenters. The third kappa shape index (κ3) is 16.1. The molecule has 16 heteroatoms. The molecule has 0 aliphatic heterocycles. The summed E-state index contributed by atoms with van der Waals surface area (Å²) < 4.78 is 5.27. The zero-order valence-corrected chi connectivity index (χ0v) is 30.7. The van der Waals surface area contributed by atoms with Crippen LogP contribution in [0.3, 0.4) is 0 Å². The van der Waals surface area contributed by atoms with Gasteiger partial charge >= 0.3 is 18.0 Å². The smallest absolute Gasteiger partial charge is 0.408 e. The molecule has 0 aliphatic carbocycles. The first-order valence-electron chi connectivity index (χ1n) is 17.8. The fourth-order valence-corrected chi connectivity index (χ4v) is 5.52. The summed E-state index contributed by atoms with van der Waals surface area (Å²) in [4.78, 5) is 95.5. The summed E-state index contributed by atoms with van der Waals surface area (Å²) in [5.74, 6) is -5.50. The molecule has 1 heterocycles. The van der Waals surface area contributed by atoms with Crippen LogP contribution in [0.15, 0.2) is 85.3 Å². The van der Waals surface area contributed by atoms with Gasteiger partial charge in [-0.2, -0.15) is 0 Å². The normalized spacial score (nSPS) is 13.8. The first kappa shape index (κ1) is 43.1. The second-order valence-corrected chi connectivity index (χ2v) is 13.3. The lowest BCUT2D eigenvalue weighted by Crippen LogP contribution is -2.58. The highest BCUT2D eigenvalue weighted by molar-refractivity contribution is 5.94. The minimum atomic E-state index is -1.45. The van der Waals surface area contributed by atoms with E-state index in [1.165, 1.54) is 18.6 Å². The molecule has 294 valence electrons. The van der Waals surface area contributed by atoms with Gasteiger partial charge in [-0.25, -0.2) is 9.78 Å². The van der Waals surface area contributed by atoms with Crippen molar-refractivity contribution < 1.29 is 48.5 Å².